The van der Waals surface area contributed by atoms with Gasteiger partial charge in [-0.25, -0.2) is 4.79 Å². The van der Waals surface area contributed by atoms with Gasteiger partial charge in [-0.3, -0.25) is 0 Å². The standard InChI is InChI=1S/C12H22N2O2S/c1-11(2,3)16-10(15)14-7-5-12(4,6-8-14)9(13)17/h5-8H2,1-4H3,(H2,13,17). The number of carbonyl (C=O) groups is 1. The van der Waals surface area contributed by atoms with Crippen molar-refractivity contribution in [3.63, 3.8) is 0 Å². The molecule has 5 heteroatoms. The summed E-state index contributed by atoms with van der Waals surface area (Å²) in [5.74, 6) is 0. The van der Waals surface area contributed by atoms with Gasteiger partial charge in [0.25, 0.3) is 0 Å². The number of thiocarbonyl (C=S) groups is 1. The fraction of sp³-hybridized carbons (Fsp3) is 0.833. The lowest BCUT2D eigenvalue weighted by molar-refractivity contribution is 0.0166. The van der Waals surface area contributed by atoms with E-state index in [1.54, 1.807) is 4.90 Å². The molecule has 0 aromatic carbocycles. The highest BCUT2D eigenvalue weighted by Gasteiger charge is 2.35. The van der Waals surface area contributed by atoms with Crippen LogP contribution in [0.2, 0.25) is 0 Å². The van der Waals surface area contributed by atoms with E-state index in [1.807, 2.05) is 20.8 Å². The normalized spacial score (nSPS) is 19.9. The molecule has 1 saturated heterocycles. The average Bonchev–Trinajstić information content (AvgIpc) is 2.15. The van der Waals surface area contributed by atoms with E-state index in [4.69, 9.17) is 22.7 Å². The highest BCUT2D eigenvalue weighted by atomic mass is 32.1. The lowest BCUT2D eigenvalue weighted by Gasteiger charge is -2.39. The summed E-state index contributed by atoms with van der Waals surface area (Å²) in [5, 5.41) is 0. The van der Waals surface area contributed by atoms with Crippen LogP contribution in [-0.4, -0.2) is 34.7 Å². The van der Waals surface area contributed by atoms with Gasteiger partial charge in [-0.15, -0.1) is 0 Å². The van der Waals surface area contributed by atoms with Crippen LogP contribution in [0, 0.1) is 5.41 Å². The molecule has 1 rings (SSSR count). The van der Waals surface area contributed by atoms with Crippen LogP contribution in [-0.2, 0) is 4.74 Å². The molecule has 0 radical (unpaired) electrons. The molecular formula is C12H22N2O2S. The number of likely N-dealkylation sites (tertiary alicyclic amines) is 1. The third-order valence-corrected chi connectivity index (χ3v) is 3.61. The van der Waals surface area contributed by atoms with E-state index < -0.39 is 5.60 Å². The molecule has 17 heavy (non-hydrogen) atoms. The van der Waals surface area contributed by atoms with E-state index in [2.05, 4.69) is 6.92 Å². The van der Waals surface area contributed by atoms with Crippen LogP contribution in [0.4, 0.5) is 4.79 Å². The predicted octanol–water partition coefficient (Wildman–Crippen LogP) is 2.31. The predicted molar refractivity (Wildman–Crippen MR) is 71.9 cm³/mol. The van der Waals surface area contributed by atoms with Gasteiger partial charge >= 0.3 is 6.09 Å². The Bertz CT molecular complexity index is 315. The molecular weight excluding hydrogens is 236 g/mol. The quantitative estimate of drug-likeness (QED) is 0.733. The van der Waals surface area contributed by atoms with Crippen molar-refractivity contribution in [2.45, 2.75) is 46.1 Å². The minimum absolute atomic E-state index is 0.117. The topological polar surface area (TPSA) is 55.6 Å². The van der Waals surface area contributed by atoms with E-state index in [0.717, 1.165) is 12.8 Å². The molecule has 4 nitrogen and oxygen atoms in total. The number of nitrogens with zero attached hydrogens (tertiary/aromatic N) is 1. The Morgan fingerprint density at radius 1 is 1.35 bits per heavy atom. The Kier molecular flexibility index (Phi) is 4.02. The molecule has 1 aliphatic rings. The van der Waals surface area contributed by atoms with Crippen molar-refractivity contribution >= 4 is 23.3 Å². The van der Waals surface area contributed by atoms with E-state index in [-0.39, 0.29) is 11.5 Å². The zero-order valence-corrected chi connectivity index (χ0v) is 11.9. The van der Waals surface area contributed by atoms with Gasteiger partial charge in [0.15, 0.2) is 0 Å². The van der Waals surface area contributed by atoms with Crippen molar-refractivity contribution in [3.05, 3.63) is 0 Å². The summed E-state index contributed by atoms with van der Waals surface area (Å²) in [6, 6.07) is 0. The minimum Gasteiger partial charge on any atom is -0.444 e. The molecule has 0 bridgehead atoms. The van der Waals surface area contributed by atoms with E-state index in [0.29, 0.717) is 18.1 Å². The van der Waals surface area contributed by atoms with Crippen LogP contribution in [0.15, 0.2) is 0 Å². The summed E-state index contributed by atoms with van der Waals surface area (Å²) < 4.78 is 5.33. The van der Waals surface area contributed by atoms with Gasteiger partial charge in [-0.2, -0.15) is 0 Å². The summed E-state index contributed by atoms with van der Waals surface area (Å²) in [5.41, 5.74) is 5.16. The second-order valence-electron chi connectivity index (χ2n) is 5.89. The minimum atomic E-state index is -0.443. The first kappa shape index (κ1) is 14.2. The Hall–Kier alpha value is -0.840. The fourth-order valence-electron chi connectivity index (χ4n) is 1.76. The van der Waals surface area contributed by atoms with E-state index >= 15 is 0 Å². The van der Waals surface area contributed by atoms with Crippen molar-refractivity contribution in [2.75, 3.05) is 13.1 Å². The molecule has 98 valence electrons. The molecule has 0 unspecified atom stereocenters. The van der Waals surface area contributed by atoms with Crippen molar-refractivity contribution in [2.24, 2.45) is 11.1 Å². The molecule has 1 fully saturated rings. The van der Waals surface area contributed by atoms with Crippen LogP contribution in [0.5, 0.6) is 0 Å². The molecule has 0 aromatic rings. The molecule has 1 aliphatic heterocycles. The van der Waals surface area contributed by atoms with Gasteiger partial charge in [0.05, 0.1) is 4.99 Å². The highest BCUT2D eigenvalue weighted by molar-refractivity contribution is 7.80. The first-order valence-corrected chi connectivity index (χ1v) is 6.33. The average molecular weight is 258 g/mol. The van der Waals surface area contributed by atoms with Gasteiger partial charge in [-0.1, -0.05) is 19.1 Å². The number of carbonyl (C=O) groups excluding carboxylic acids is 1. The Labute approximate surface area is 108 Å². The first-order valence-electron chi connectivity index (χ1n) is 5.92. The monoisotopic (exact) mass is 258 g/mol. The van der Waals surface area contributed by atoms with E-state index in [1.165, 1.54) is 0 Å². The van der Waals surface area contributed by atoms with Gasteiger partial charge in [0.2, 0.25) is 0 Å². The van der Waals surface area contributed by atoms with Crippen molar-refractivity contribution in [1.82, 2.24) is 4.90 Å². The van der Waals surface area contributed by atoms with E-state index in [9.17, 15) is 4.79 Å². The second-order valence-corrected chi connectivity index (χ2v) is 6.33. The number of piperidine rings is 1. The molecule has 0 aromatic heterocycles. The van der Waals surface area contributed by atoms with Crippen molar-refractivity contribution in [3.8, 4) is 0 Å². The maximum Gasteiger partial charge on any atom is 0.410 e. The second kappa shape index (κ2) is 4.80. The third-order valence-electron chi connectivity index (χ3n) is 3.11. The molecule has 1 heterocycles. The number of hydrogen-bond acceptors (Lipinski definition) is 3. The van der Waals surface area contributed by atoms with Gasteiger partial charge in [0, 0.05) is 18.5 Å². The molecule has 1 amide bonds. The number of ether oxygens (including phenoxy) is 1. The van der Waals surface area contributed by atoms with Crippen molar-refractivity contribution < 1.29 is 9.53 Å². The van der Waals surface area contributed by atoms with Crippen LogP contribution in [0.1, 0.15) is 40.5 Å². The van der Waals surface area contributed by atoms with Gasteiger partial charge < -0.3 is 15.4 Å². The summed E-state index contributed by atoms with van der Waals surface area (Å²) in [6.45, 7) is 8.98. The summed E-state index contributed by atoms with van der Waals surface area (Å²) >= 11 is 5.06. The molecule has 0 aliphatic carbocycles. The van der Waals surface area contributed by atoms with Crippen LogP contribution in [0.25, 0.3) is 0 Å². The largest absolute Gasteiger partial charge is 0.444 e. The van der Waals surface area contributed by atoms with Crippen LogP contribution < -0.4 is 5.73 Å². The molecule has 0 spiro atoms. The number of nitrogens with two attached hydrogens (primary N) is 1. The van der Waals surface area contributed by atoms with Crippen LogP contribution >= 0.6 is 12.2 Å². The maximum atomic E-state index is 11.8. The SMILES string of the molecule is CC(C)(C)OC(=O)N1CCC(C)(C(N)=S)CC1. The zero-order valence-electron chi connectivity index (χ0n) is 11.1. The Morgan fingerprint density at radius 3 is 2.18 bits per heavy atom. The number of amides is 1. The summed E-state index contributed by atoms with van der Waals surface area (Å²) in [4.78, 5) is 14.1. The lowest BCUT2D eigenvalue weighted by Crippen LogP contribution is -2.48. The first-order chi connectivity index (χ1) is 7.64. The highest BCUT2D eigenvalue weighted by Crippen LogP contribution is 2.31. The fourth-order valence-corrected chi connectivity index (χ4v) is 1.96. The number of hydrogen-bond donors (Lipinski definition) is 1. The summed E-state index contributed by atoms with van der Waals surface area (Å²) in [6.07, 6.45) is 1.37. The molecule has 2 N–H and O–H groups in total. The Balaban J connectivity index is 2.53. The molecule has 0 atom stereocenters. The van der Waals surface area contributed by atoms with Crippen LogP contribution in [0.3, 0.4) is 0 Å². The maximum absolute atomic E-state index is 11.8. The molecule has 0 saturated carbocycles. The Morgan fingerprint density at radius 2 is 1.82 bits per heavy atom. The van der Waals surface area contributed by atoms with Gasteiger partial charge in [-0.05, 0) is 33.6 Å². The number of rotatable bonds is 1. The third kappa shape index (κ3) is 3.84. The van der Waals surface area contributed by atoms with Crippen molar-refractivity contribution in [1.29, 1.82) is 0 Å². The zero-order chi connectivity index (χ0) is 13.3. The summed E-state index contributed by atoms with van der Waals surface area (Å²) in [7, 11) is 0. The smallest absolute Gasteiger partial charge is 0.410 e. The van der Waals surface area contributed by atoms with Gasteiger partial charge in [0.1, 0.15) is 5.60 Å². The lowest BCUT2D eigenvalue weighted by atomic mass is 9.80.